The SMILES string of the molecule is COC(=O)N[C@H](C(=O)N1CCC[C@H]1c1ncc(-c2ccc3c4ccc(-c5cnc([C@@H]6CCCN6C(=O)[C@@H](NC(=O)OC)C6CCOCC6)[nH]5)cc4c4ccccc4c3c2)[nH]1)C1CCOCC1. The van der Waals surface area contributed by atoms with Gasteiger partial charge in [-0.25, -0.2) is 19.6 Å². The number of amides is 4. The first-order valence-corrected chi connectivity index (χ1v) is 23.2. The summed E-state index contributed by atoms with van der Waals surface area (Å²) < 4.78 is 20.9. The van der Waals surface area contributed by atoms with Crippen LogP contribution < -0.4 is 10.6 Å². The van der Waals surface area contributed by atoms with Crippen LogP contribution in [0.4, 0.5) is 9.59 Å². The van der Waals surface area contributed by atoms with E-state index in [1.807, 2.05) is 22.2 Å². The lowest BCUT2D eigenvalue weighted by Gasteiger charge is -2.34. The minimum absolute atomic E-state index is 0.0420. The smallest absolute Gasteiger partial charge is 0.407 e. The van der Waals surface area contributed by atoms with Gasteiger partial charge in [0.15, 0.2) is 0 Å². The lowest BCUT2D eigenvalue weighted by atomic mass is 9.90. The zero-order valence-electron chi connectivity index (χ0n) is 37.3. The average molecular weight is 897 g/mol. The molecule has 0 aliphatic carbocycles. The van der Waals surface area contributed by atoms with Crippen LogP contribution in [0.2, 0.25) is 0 Å². The number of carbonyl (C=O) groups is 4. The number of nitrogens with zero attached hydrogens (tertiary/aromatic N) is 4. The van der Waals surface area contributed by atoms with Gasteiger partial charge in [-0.2, -0.15) is 0 Å². The van der Waals surface area contributed by atoms with Gasteiger partial charge in [0.2, 0.25) is 11.8 Å². The highest BCUT2D eigenvalue weighted by atomic mass is 16.5. The number of carbonyl (C=O) groups excluding carboxylic acids is 4. The van der Waals surface area contributed by atoms with E-state index < -0.39 is 24.3 Å². The topological polar surface area (TPSA) is 193 Å². The molecule has 344 valence electrons. The molecule has 4 atom stereocenters. The largest absolute Gasteiger partial charge is 0.453 e. The summed E-state index contributed by atoms with van der Waals surface area (Å²) in [6, 6.07) is 19.6. The van der Waals surface area contributed by atoms with Crippen molar-refractivity contribution in [2.24, 2.45) is 11.8 Å². The highest BCUT2D eigenvalue weighted by molar-refractivity contribution is 6.26. The Labute approximate surface area is 382 Å². The molecule has 4 saturated heterocycles. The van der Waals surface area contributed by atoms with Gasteiger partial charge in [-0.15, -0.1) is 0 Å². The number of nitrogens with one attached hydrogen (secondary N) is 4. The molecule has 10 rings (SSSR count). The van der Waals surface area contributed by atoms with Gasteiger partial charge in [0.25, 0.3) is 0 Å². The maximum atomic E-state index is 14.2. The van der Waals surface area contributed by atoms with Gasteiger partial charge in [0, 0.05) is 50.6 Å². The summed E-state index contributed by atoms with van der Waals surface area (Å²) in [5.41, 5.74) is 3.68. The Bertz CT molecular complexity index is 2570. The van der Waals surface area contributed by atoms with Crippen LogP contribution in [0.3, 0.4) is 0 Å². The molecule has 6 heterocycles. The van der Waals surface area contributed by atoms with Crippen molar-refractivity contribution in [3.05, 3.63) is 84.7 Å². The number of imidazole rings is 2. The second-order valence-electron chi connectivity index (χ2n) is 17.9. The summed E-state index contributed by atoms with van der Waals surface area (Å²) in [6.07, 6.45) is 8.39. The third kappa shape index (κ3) is 8.32. The Kier molecular flexibility index (Phi) is 12.3. The number of hydrogen-bond acceptors (Lipinski definition) is 10. The molecule has 4 aromatic carbocycles. The van der Waals surface area contributed by atoms with E-state index in [4.69, 9.17) is 28.9 Å². The molecule has 2 aromatic heterocycles. The fourth-order valence-corrected chi connectivity index (χ4v) is 10.8. The molecular formula is C50H56N8O8. The van der Waals surface area contributed by atoms with E-state index in [-0.39, 0.29) is 35.7 Å². The zero-order valence-corrected chi connectivity index (χ0v) is 37.3. The monoisotopic (exact) mass is 896 g/mol. The molecule has 0 unspecified atom stereocenters. The number of fused-ring (bicyclic) bond motifs is 6. The highest BCUT2D eigenvalue weighted by Crippen LogP contribution is 2.40. The number of aromatic nitrogens is 4. The van der Waals surface area contributed by atoms with Crippen LogP contribution >= 0.6 is 0 Å². The van der Waals surface area contributed by atoms with Crippen LogP contribution in [-0.2, 0) is 28.5 Å². The molecule has 4 aliphatic rings. The second-order valence-corrected chi connectivity index (χ2v) is 17.9. The van der Waals surface area contributed by atoms with E-state index in [0.29, 0.717) is 65.2 Å². The molecule has 4 aliphatic heterocycles. The Morgan fingerprint density at radius 3 is 1.41 bits per heavy atom. The van der Waals surface area contributed by atoms with E-state index in [0.717, 1.165) is 92.2 Å². The number of benzene rings is 4. The van der Waals surface area contributed by atoms with Crippen LogP contribution in [-0.4, -0.2) is 120 Å². The maximum absolute atomic E-state index is 14.2. The number of methoxy groups -OCH3 is 2. The summed E-state index contributed by atoms with van der Waals surface area (Å²) >= 11 is 0. The number of H-pyrrole nitrogens is 2. The number of hydrogen-bond donors (Lipinski definition) is 4. The normalized spacial score (nSPS) is 20.5. The molecule has 4 fully saturated rings. The van der Waals surface area contributed by atoms with Crippen molar-refractivity contribution in [3.8, 4) is 22.5 Å². The Morgan fingerprint density at radius 2 is 1.00 bits per heavy atom. The lowest BCUT2D eigenvalue weighted by molar-refractivity contribution is -0.137. The van der Waals surface area contributed by atoms with Crippen LogP contribution in [0, 0.1) is 11.8 Å². The molecule has 6 aromatic rings. The number of ether oxygens (including phenoxy) is 4. The minimum Gasteiger partial charge on any atom is -0.453 e. The van der Waals surface area contributed by atoms with Crippen molar-refractivity contribution in [2.75, 3.05) is 53.7 Å². The summed E-state index contributed by atoms with van der Waals surface area (Å²) in [5.74, 6) is 1.12. The molecule has 0 radical (unpaired) electrons. The summed E-state index contributed by atoms with van der Waals surface area (Å²) in [4.78, 5) is 73.6. The average Bonchev–Trinajstić information content (AvgIpc) is 4.23. The van der Waals surface area contributed by atoms with Crippen LogP contribution in [0.25, 0.3) is 54.8 Å². The summed E-state index contributed by atoms with van der Waals surface area (Å²) in [7, 11) is 2.62. The van der Waals surface area contributed by atoms with Crippen LogP contribution in [0.15, 0.2) is 73.1 Å². The Hall–Kier alpha value is -6.52. The molecule has 4 amide bonds. The van der Waals surface area contributed by atoms with Gasteiger partial charge < -0.3 is 49.3 Å². The van der Waals surface area contributed by atoms with Gasteiger partial charge in [0.1, 0.15) is 23.7 Å². The first-order chi connectivity index (χ1) is 32.3. The number of rotatable bonds is 10. The summed E-state index contributed by atoms with van der Waals surface area (Å²) in [6.45, 7) is 3.37. The van der Waals surface area contributed by atoms with E-state index in [2.05, 4.69) is 81.3 Å². The van der Waals surface area contributed by atoms with E-state index in [9.17, 15) is 19.2 Å². The van der Waals surface area contributed by atoms with Crippen molar-refractivity contribution in [1.82, 2.24) is 40.4 Å². The molecule has 4 N–H and O–H groups in total. The second kappa shape index (κ2) is 18.8. The third-order valence-electron chi connectivity index (χ3n) is 14.3. The first kappa shape index (κ1) is 43.4. The van der Waals surface area contributed by atoms with Crippen molar-refractivity contribution < 1.29 is 38.1 Å². The fraction of sp³-hybridized carbons (Fsp3) is 0.440. The molecule has 16 heteroatoms. The van der Waals surface area contributed by atoms with Crippen molar-refractivity contribution >= 4 is 56.3 Å². The predicted molar refractivity (Wildman–Crippen MR) is 247 cm³/mol. The molecule has 0 saturated carbocycles. The third-order valence-corrected chi connectivity index (χ3v) is 14.3. The quantitative estimate of drug-likeness (QED) is 0.0998. The van der Waals surface area contributed by atoms with Crippen LogP contribution in [0.1, 0.15) is 75.1 Å². The van der Waals surface area contributed by atoms with Gasteiger partial charge in [-0.05, 0) is 108 Å². The summed E-state index contributed by atoms with van der Waals surface area (Å²) in [5, 5.41) is 12.4. The Morgan fingerprint density at radius 1 is 0.591 bits per heavy atom. The molecular weight excluding hydrogens is 841 g/mol. The molecule has 0 spiro atoms. The minimum atomic E-state index is -0.701. The number of likely N-dealkylation sites (tertiary alicyclic amines) is 2. The fourth-order valence-electron chi connectivity index (χ4n) is 10.8. The van der Waals surface area contributed by atoms with E-state index in [1.54, 1.807) is 0 Å². The molecule has 0 bridgehead atoms. The van der Waals surface area contributed by atoms with E-state index in [1.165, 1.54) is 14.2 Å². The predicted octanol–water partition coefficient (Wildman–Crippen LogP) is 7.56. The number of alkyl carbamates (subject to hydrolysis) is 2. The molecule has 66 heavy (non-hydrogen) atoms. The van der Waals surface area contributed by atoms with Crippen molar-refractivity contribution in [2.45, 2.75) is 75.5 Å². The Balaban J connectivity index is 0.913. The van der Waals surface area contributed by atoms with Gasteiger partial charge in [-0.3, -0.25) is 9.59 Å². The standard InChI is InChI=1S/C50H56N8O8/c1-63-49(61)55-43(29-15-21-65-22-16-29)47(59)57-19-5-9-41(57)45-51-27-39(53-45)31-11-13-35-36-14-12-32(26-38(36)34-8-4-3-7-33(34)37(35)25-31)40-28-52-46(54-40)42-10-6-20-58(42)48(60)44(56-50(62)64-2)30-17-23-66-24-18-30/h3-4,7-8,11-14,25-30,41-44H,5-6,9-10,15-24H2,1-2H3,(H,51,53)(H,52,54)(H,55,61)(H,56,62)/t41-,42-,43-,44-/m0/s1. The maximum Gasteiger partial charge on any atom is 0.407 e. The van der Waals surface area contributed by atoms with Crippen molar-refractivity contribution in [3.63, 3.8) is 0 Å². The van der Waals surface area contributed by atoms with Crippen LogP contribution in [0.5, 0.6) is 0 Å². The van der Waals surface area contributed by atoms with Gasteiger partial charge in [-0.1, -0.05) is 48.5 Å². The zero-order chi connectivity index (χ0) is 45.3. The van der Waals surface area contributed by atoms with Gasteiger partial charge in [0.05, 0.1) is 50.1 Å². The highest BCUT2D eigenvalue weighted by Gasteiger charge is 2.42. The number of aromatic amines is 2. The van der Waals surface area contributed by atoms with E-state index >= 15 is 0 Å². The van der Waals surface area contributed by atoms with Gasteiger partial charge >= 0.3 is 12.2 Å². The van der Waals surface area contributed by atoms with Crippen molar-refractivity contribution in [1.29, 1.82) is 0 Å². The first-order valence-electron chi connectivity index (χ1n) is 23.2. The molecule has 16 nitrogen and oxygen atoms in total. The lowest BCUT2D eigenvalue weighted by Crippen LogP contribution is -2.53.